The lowest BCUT2D eigenvalue weighted by Gasteiger charge is -2.32. The smallest absolute Gasteiger partial charge is 0.335 e. The van der Waals surface area contributed by atoms with E-state index < -0.39 is 5.97 Å². The number of likely N-dealkylation sites (tertiary alicyclic amines) is 1. The van der Waals surface area contributed by atoms with Crippen LogP contribution >= 0.6 is 0 Å². The van der Waals surface area contributed by atoms with Gasteiger partial charge in [0.1, 0.15) is 5.82 Å². The van der Waals surface area contributed by atoms with E-state index in [0.717, 1.165) is 18.4 Å². The van der Waals surface area contributed by atoms with Crippen LogP contribution in [-0.4, -0.2) is 35.0 Å². The molecule has 1 heterocycles. The van der Waals surface area contributed by atoms with E-state index in [-0.39, 0.29) is 18.1 Å². The van der Waals surface area contributed by atoms with Gasteiger partial charge in [0.25, 0.3) is 0 Å². The molecule has 0 atom stereocenters. The summed E-state index contributed by atoms with van der Waals surface area (Å²) < 4.78 is 13.7. The third-order valence-electron chi connectivity index (χ3n) is 5.02. The summed E-state index contributed by atoms with van der Waals surface area (Å²) in [6.45, 7) is 1.26. The molecular weight excluding hydrogens is 333 g/mol. The first-order chi connectivity index (χ1) is 12.5. The fourth-order valence-corrected chi connectivity index (χ4v) is 3.52. The van der Waals surface area contributed by atoms with Gasteiger partial charge in [0.15, 0.2) is 0 Å². The average Bonchev–Trinajstić information content (AvgIpc) is 2.64. The van der Waals surface area contributed by atoms with E-state index in [1.54, 1.807) is 35.2 Å². The zero-order chi connectivity index (χ0) is 18.5. The third kappa shape index (κ3) is 4.28. The molecule has 3 rings (SSSR count). The van der Waals surface area contributed by atoms with Crippen molar-refractivity contribution in [3.05, 3.63) is 71.0 Å². The van der Waals surface area contributed by atoms with Crippen LogP contribution in [0.2, 0.25) is 0 Å². The Morgan fingerprint density at radius 3 is 2.27 bits per heavy atom. The molecule has 2 aromatic rings. The fraction of sp³-hybridized carbons (Fsp3) is 0.333. The molecule has 1 N–H and O–H groups in total. The second-order valence-corrected chi connectivity index (χ2v) is 6.76. The lowest BCUT2D eigenvalue weighted by molar-refractivity contribution is -0.131. The number of carboxylic acid groups (broad SMARTS) is 1. The SMILES string of the molecule is O=C(O)c1ccccc1CC1CCN(C(=O)Cc2ccccc2F)CC1. The van der Waals surface area contributed by atoms with E-state index in [1.165, 1.54) is 6.07 Å². The predicted octanol–water partition coefficient (Wildman–Crippen LogP) is 3.55. The van der Waals surface area contributed by atoms with Gasteiger partial charge in [-0.25, -0.2) is 9.18 Å². The number of carbonyl (C=O) groups is 2. The van der Waals surface area contributed by atoms with Gasteiger partial charge in [0, 0.05) is 13.1 Å². The average molecular weight is 355 g/mol. The maximum Gasteiger partial charge on any atom is 0.335 e. The quantitative estimate of drug-likeness (QED) is 0.892. The summed E-state index contributed by atoms with van der Waals surface area (Å²) in [5.74, 6) is -0.952. The molecule has 0 spiro atoms. The molecule has 0 bridgehead atoms. The Kier molecular flexibility index (Phi) is 5.66. The van der Waals surface area contributed by atoms with Gasteiger partial charge in [-0.15, -0.1) is 0 Å². The summed E-state index contributed by atoms with van der Waals surface area (Å²) in [6.07, 6.45) is 2.45. The van der Waals surface area contributed by atoms with E-state index in [9.17, 15) is 19.1 Å². The van der Waals surface area contributed by atoms with Gasteiger partial charge in [-0.3, -0.25) is 4.79 Å². The fourth-order valence-electron chi connectivity index (χ4n) is 3.52. The van der Waals surface area contributed by atoms with Crippen LogP contribution in [0.15, 0.2) is 48.5 Å². The number of carboxylic acids is 1. The molecule has 0 saturated carbocycles. The van der Waals surface area contributed by atoms with Crippen LogP contribution in [0.5, 0.6) is 0 Å². The third-order valence-corrected chi connectivity index (χ3v) is 5.02. The lowest BCUT2D eigenvalue weighted by atomic mass is 9.88. The highest BCUT2D eigenvalue weighted by Crippen LogP contribution is 2.24. The zero-order valence-electron chi connectivity index (χ0n) is 14.5. The largest absolute Gasteiger partial charge is 0.478 e. The normalized spacial score (nSPS) is 15.0. The van der Waals surface area contributed by atoms with Crippen molar-refractivity contribution in [3.8, 4) is 0 Å². The number of aromatic carboxylic acids is 1. The second kappa shape index (κ2) is 8.13. The number of carbonyl (C=O) groups excluding carboxylic acids is 1. The number of halogens is 1. The monoisotopic (exact) mass is 355 g/mol. The van der Waals surface area contributed by atoms with Gasteiger partial charge in [0.05, 0.1) is 12.0 Å². The highest BCUT2D eigenvalue weighted by molar-refractivity contribution is 5.89. The molecular formula is C21H22FNO3. The summed E-state index contributed by atoms with van der Waals surface area (Å²) in [7, 11) is 0. The highest BCUT2D eigenvalue weighted by atomic mass is 19.1. The first-order valence-corrected chi connectivity index (χ1v) is 8.87. The predicted molar refractivity (Wildman–Crippen MR) is 96.5 cm³/mol. The first-order valence-electron chi connectivity index (χ1n) is 8.87. The van der Waals surface area contributed by atoms with Crippen molar-refractivity contribution >= 4 is 11.9 Å². The van der Waals surface area contributed by atoms with E-state index >= 15 is 0 Å². The van der Waals surface area contributed by atoms with Crippen molar-refractivity contribution in [3.63, 3.8) is 0 Å². The van der Waals surface area contributed by atoms with Crippen molar-refractivity contribution in [2.75, 3.05) is 13.1 Å². The Hall–Kier alpha value is -2.69. The van der Waals surface area contributed by atoms with Crippen molar-refractivity contribution < 1.29 is 19.1 Å². The maximum absolute atomic E-state index is 13.7. The van der Waals surface area contributed by atoms with Gasteiger partial charge in [-0.1, -0.05) is 36.4 Å². The molecule has 4 nitrogen and oxygen atoms in total. The van der Waals surface area contributed by atoms with Crippen molar-refractivity contribution in [1.29, 1.82) is 0 Å². The van der Waals surface area contributed by atoms with Crippen molar-refractivity contribution in [1.82, 2.24) is 4.90 Å². The molecule has 2 aromatic carbocycles. The van der Waals surface area contributed by atoms with Crippen LogP contribution in [0.4, 0.5) is 4.39 Å². The molecule has 5 heteroatoms. The zero-order valence-corrected chi connectivity index (χ0v) is 14.5. The molecule has 0 aromatic heterocycles. The minimum absolute atomic E-state index is 0.0560. The summed E-state index contributed by atoms with van der Waals surface area (Å²) in [4.78, 5) is 25.5. The molecule has 1 aliphatic rings. The topological polar surface area (TPSA) is 57.6 Å². The number of rotatable bonds is 5. The van der Waals surface area contributed by atoms with Crippen LogP contribution < -0.4 is 0 Å². The van der Waals surface area contributed by atoms with Gasteiger partial charge in [-0.2, -0.15) is 0 Å². The number of benzene rings is 2. The summed E-state index contributed by atoms with van der Waals surface area (Å²) in [5.41, 5.74) is 1.62. The van der Waals surface area contributed by atoms with E-state index in [1.807, 2.05) is 12.1 Å². The van der Waals surface area contributed by atoms with Crippen LogP contribution in [0, 0.1) is 11.7 Å². The van der Waals surface area contributed by atoms with Crippen LogP contribution in [0.3, 0.4) is 0 Å². The van der Waals surface area contributed by atoms with E-state index in [4.69, 9.17) is 0 Å². The molecule has 0 radical (unpaired) electrons. The van der Waals surface area contributed by atoms with Crippen LogP contribution in [-0.2, 0) is 17.6 Å². The summed E-state index contributed by atoms with van der Waals surface area (Å²) in [6, 6.07) is 13.4. The van der Waals surface area contributed by atoms with Gasteiger partial charge < -0.3 is 10.0 Å². The molecule has 1 fully saturated rings. The minimum atomic E-state index is -0.905. The number of piperidine rings is 1. The Labute approximate surface area is 152 Å². The molecule has 26 heavy (non-hydrogen) atoms. The number of amides is 1. The minimum Gasteiger partial charge on any atom is -0.478 e. The Morgan fingerprint density at radius 2 is 1.62 bits per heavy atom. The number of hydrogen-bond donors (Lipinski definition) is 1. The van der Waals surface area contributed by atoms with Crippen LogP contribution in [0.25, 0.3) is 0 Å². The molecule has 0 aliphatic carbocycles. The maximum atomic E-state index is 13.7. The van der Waals surface area contributed by atoms with Gasteiger partial charge in [-0.05, 0) is 48.4 Å². The standard InChI is InChI=1S/C21H22FNO3/c22-19-8-4-2-6-17(19)14-20(24)23-11-9-15(10-12-23)13-16-5-1-3-7-18(16)21(25)26/h1-8,15H,9-14H2,(H,25,26). The molecule has 0 unspecified atom stereocenters. The van der Waals surface area contributed by atoms with Crippen molar-refractivity contribution in [2.45, 2.75) is 25.7 Å². The molecule has 136 valence electrons. The Balaban J connectivity index is 1.55. The summed E-state index contributed by atoms with van der Waals surface area (Å²) >= 11 is 0. The first kappa shape index (κ1) is 18.1. The lowest BCUT2D eigenvalue weighted by Crippen LogP contribution is -2.39. The van der Waals surface area contributed by atoms with E-state index in [2.05, 4.69) is 0 Å². The Bertz CT molecular complexity index is 797. The Morgan fingerprint density at radius 1 is 1.00 bits per heavy atom. The second-order valence-electron chi connectivity index (χ2n) is 6.76. The van der Waals surface area contributed by atoms with Gasteiger partial charge in [0.2, 0.25) is 5.91 Å². The van der Waals surface area contributed by atoms with E-state index in [0.29, 0.717) is 36.6 Å². The van der Waals surface area contributed by atoms with Crippen LogP contribution in [0.1, 0.15) is 34.3 Å². The van der Waals surface area contributed by atoms with Gasteiger partial charge >= 0.3 is 5.97 Å². The molecule has 1 amide bonds. The molecule has 1 saturated heterocycles. The molecule has 1 aliphatic heterocycles. The highest BCUT2D eigenvalue weighted by Gasteiger charge is 2.24. The summed E-state index contributed by atoms with van der Waals surface area (Å²) in [5, 5.41) is 9.29. The number of hydrogen-bond acceptors (Lipinski definition) is 2. The number of nitrogens with zero attached hydrogens (tertiary/aromatic N) is 1. The van der Waals surface area contributed by atoms with Crippen molar-refractivity contribution in [2.24, 2.45) is 5.92 Å².